The molecule has 0 aromatic rings. The summed E-state index contributed by atoms with van der Waals surface area (Å²) >= 11 is 1.91. The predicted octanol–water partition coefficient (Wildman–Crippen LogP) is 1.49. The second kappa shape index (κ2) is 7.90. The Kier molecular flexibility index (Phi) is 8.07. The van der Waals surface area contributed by atoms with Gasteiger partial charge >= 0.3 is 0 Å². The van der Waals surface area contributed by atoms with E-state index in [2.05, 4.69) is 26.1 Å². The zero-order chi connectivity index (χ0) is 9.40. The van der Waals surface area contributed by atoms with Crippen molar-refractivity contribution in [3.63, 3.8) is 0 Å². The first-order valence-corrected chi connectivity index (χ1v) is 5.80. The summed E-state index contributed by atoms with van der Waals surface area (Å²) < 4.78 is 0. The van der Waals surface area contributed by atoms with Crippen LogP contribution in [0, 0.1) is 0 Å². The molecule has 2 nitrogen and oxygen atoms in total. The van der Waals surface area contributed by atoms with Gasteiger partial charge in [-0.3, -0.25) is 0 Å². The van der Waals surface area contributed by atoms with Crippen LogP contribution in [0.2, 0.25) is 0 Å². The molecule has 3 heteroatoms. The molecule has 0 amide bonds. The van der Waals surface area contributed by atoms with Gasteiger partial charge in [-0.15, -0.1) is 0 Å². The van der Waals surface area contributed by atoms with Crippen molar-refractivity contribution in [1.82, 2.24) is 5.32 Å². The molecule has 74 valence electrons. The van der Waals surface area contributed by atoms with Crippen LogP contribution in [0.15, 0.2) is 0 Å². The second-order valence-corrected chi connectivity index (χ2v) is 4.43. The number of aliphatic hydroxyl groups is 1. The van der Waals surface area contributed by atoms with Gasteiger partial charge in [-0.25, -0.2) is 0 Å². The molecular formula is C9H21NOS. The van der Waals surface area contributed by atoms with Gasteiger partial charge in [0.2, 0.25) is 0 Å². The molecule has 0 rings (SSSR count). The minimum atomic E-state index is 0.245. The Bertz CT molecular complexity index is 98.5. The normalized spacial score (nSPS) is 13.8. The van der Waals surface area contributed by atoms with E-state index in [4.69, 9.17) is 5.11 Å². The third kappa shape index (κ3) is 6.95. The molecule has 0 radical (unpaired) electrons. The quantitative estimate of drug-likeness (QED) is 0.598. The summed E-state index contributed by atoms with van der Waals surface area (Å²) in [6, 6.07) is 0.728. The van der Waals surface area contributed by atoms with Crippen molar-refractivity contribution in [1.29, 1.82) is 0 Å². The highest BCUT2D eigenvalue weighted by molar-refractivity contribution is 7.99. The van der Waals surface area contributed by atoms with E-state index in [1.165, 1.54) is 12.2 Å². The fourth-order valence-corrected chi connectivity index (χ4v) is 1.94. The molecule has 0 heterocycles. The molecule has 0 aliphatic rings. The molecule has 0 aromatic heterocycles. The maximum Gasteiger partial charge on any atom is 0.0592 e. The molecule has 1 unspecified atom stereocenters. The molecule has 0 bridgehead atoms. The van der Waals surface area contributed by atoms with Gasteiger partial charge in [-0.1, -0.05) is 20.8 Å². The number of hydrogen-bond donors (Lipinski definition) is 2. The lowest BCUT2D eigenvalue weighted by Gasteiger charge is -2.18. The number of aliphatic hydroxyl groups excluding tert-OH is 1. The maximum absolute atomic E-state index is 9.00. The van der Waals surface area contributed by atoms with Crippen LogP contribution in [0.5, 0.6) is 0 Å². The van der Waals surface area contributed by atoms with Gasteiger partial charge in [-0.05, 0) is 12.2 Å². The summed E-state index contributed by atoms with van der Waals surface area (Å²) in [5, 5.41) is 12.3. The average molecular weight is 191 g/mol. The number of thioether (sulfide) groups is 1. The van der Waals surface area contributed by atoms with Crippen molar-refractivity contribution in [3.05, 3.63) is 0 Å². The van der Waals surface area contributed by atoms with E-state index >= 15 is 0 Å². The highest BCUT2D eigenvalue weighted by atomic mass is 32.2. The van der Waals surface area contributed by atoms with Gasteiger partial charge in [0.05, 0.1) is 6.61 Å². The second-order valence-electron chi connectivity index (χ2n) is 3.28. The van der Waals surface area contributed by atoms with Crippen LogP contribution in [-0.2, 0) is 0 Å². The zero-order valence-corrected chi connectivity index (χ0v) is 9.16. The van der Waals surface area contributed by atoms with Crippen LogP contribution in [0.25, 0.3) is 0 Å². The molecule has 1 atom stereocenters. The summed E-state index contributed by atoms with van der Waals surface area (Å²) in [7, 11) is 0. The lowest BCUT2D eigenvalue weighted by atomic mass is 10.3. The average Bonchev–Trinajstić information content (AvgIpc) is 2.02. The first-order valence-electron chi connectivity index (χ1n) is 4.65. The highest BCUT2D eigenvalue weighted by Crippen LogP contribution is 2.04. The van der Waals surface area contributed by atoms with E-state index in [0.29, 0.717) is 6.04 Å². The summed E-state index contributed by atoms with van der Waals surface area (Å²) in [5.41, 5.74) is 0. The Morgan fingerprint density at radius 2 is 2.08 bits per heavy atom. The fraction of sp³-hybridized carbons (Fsp3) is 1.00. The van der Waals surface area contributed by atoms with E-state index in [1.807, 2.05) is 11.8 Å². The molecule has 0 spiro atoms. The molecule has 0 aliphatic heterocycles. The summed E-state index contributed by atoms with van der Waals surface area (Å²) in [6.45, 7) is 6.63. The largest absolute Gasteiger partial charge is 0.395 e. The van der Waals surface area contributed by atoms with Crippen LogP contribution < -0.4 is 5.32 Å². The SMILES string of the molecule is CCCSCC(CO)NC(C)C. The Balaban J connectivity index is 3.39. The summed E-state index contributed by atoms with van der Waals surface area (Å²) in [6.07, 6.45) is 1.21. The van der Waals surface area contributed by atoms with Crippen LogP contribution >= 0.6 is 11.8 Å². The maximum atomic E-state index is 9.00. The van der Waals surface area contributed by atoms with Crippen LogP contribution in [-0.4, -0.2) is 35.3 Å². The predicted molar refractivity (Wildman–Crippen MR) is 56.8 cm³/mol. The fourth-order valence-electron chi connectivity index (χ4n) is 0.995. The first kappa shape index (κ1) is 12.3. The highest BCUT2D eigenvalue weighted by Gasteiger charge is 2.07. The number of rotatable bonds is 7. The Labute approximate surface area is 80.1 Å². The molecular weight excluding hydrogens is 170 g/mol. The van der Waals surface area contributed by atoms with Gasteiger partial charge in [0.25, 0.3) is 0 Å². The van der Waals surface area contributed by atoms with Gasteiger partial charge < -0.3 is 10.4 Å². The third-order valence-corrected chi connectivity index (χ3v) is 2.79. The van der Waals surface area contributed by atoms with E-state index < -0.39 is 0 Å². The molecule has 0 aliphatic carbocycles. The Morgan fingerprint density at radius 1 is 1.42 bits per heavy atom. The summed E-state index contributed by atoms with van der Waals surface area (Å²) in [4.78, 5) is 0. The van der Waals surface area contributed by atoms with E-state index in [9.17, 15) is 0 Å². The molecule has 0 fully saturated rings. The van der Waals surface area contributed by atoms with Crippen molar-refractivity contribution >= 4 is 11.8 Å². The van der Waals surface area contributed by atoms with Gasteiger partial charge in [0.1, 0.15) is 0 Å². The first-order chi connectivity index (χ1) is 5.70. The topological polar surface area (TPSA) is 32.3 Å². The molecule has 0 aromatic carbocycles. The minimum absolute atomic E-state index is 0.245. The molecule has 0 saturated carbocycles. The summed E-state index contributed by atoms with van der Waals surface area (Å²) in [5.74, 6) is 2.21. The standard InChI is InChI=1S/C9H21NOS/c1-4-5-12-7-9(6-11)10-8(2)3/h8-11H,4-7H2,1-3H3. The van der Waals surface area contributed by atoms with Crippen LogP contribution in [0.3, 0.4) is 0 Å². The number of hydrogen-bond acceptors (Lipinski definition) is 3. The molecule has 0 saturated heterocycles. The Morgan fingerprint density at radius 3 is 2.50 bits per heavy atom. The van der Waals surface area contributed by atoms with Crippen molar-refractivity contribution in [2.24, 2.45) is 0 Å². The van der Waals surface area contributed by atoms with Crippen LogP contribution in [0.4, 0.5) is 0 Å². The molecule has 12 heavy (non-hydrogen) atoms. The lowest BCUT2D eigenvalue weighted by molar-refractivity contribution is 0.247. The van der Waals surface area contributed by atoms with Crippen molar-refractivity contribution in [2.45, 2.75) is 39.3 Å². The van der Waals surface area contributed by atoms with Crippen molar-refractivity contribution < 1.29 is 5.11 Å². The van der Waals surface area contributed by atoms with Crippen molar-refractivity contribution in [2.75, 3.05) is 18.1 Å². The smallest absolute Gasteiger partial charge is 0.0592 e. The van der Waals surface area contributed by atoms with E-state index in [1.54, 1.807) is 0 Å². The van der Waals surface area contributed by atoms with Crippen molar-refractivity contribution in [3.8, 4) is 0 Å². The van der Waals surface area contributed by atoms with Gasteiger partial charge in [0, 0.05) is 17.8 Å². The number of nitrogens with one attached hydrogen (secondary N) is 1. The Hall–Kier alpha value is 0.270. The minimum Gasteiger partial charge on any atom is -0.395 e. The van der Waals surface area contributed by atoms with Crippen LogP contribution in [0.1, 0.15) is 27.2 Å². The molecule has 2 N–H and O–H groups in total. The van der Waals surface area contributed by atoms with Gasteiger partial charge in [-0.2, -0.15) is 11.8 Å². The monoisotopic (exact) mass is 191 g/mol. The zero-order valence-electron chi connectivity index (χ0n) is 8.34. The van der Waals surface area contributed by atoms with E-state index in [0.717, 1.165) is 5.75 Å². The lowest BCUT2D eigenvalue weighted by Crippen LogP contribution is -2.39. The van der Waals surface area contributed by atoms with Gasteiger partial charge in [0.15, 0.2) is 0 Å². The third-order valence-electron chi connectivity index (χ3n) is 1.46. The van der Waals surface area contributed by atoms with E-state index in [-0.39, 0.29) is 12.6 Å².